The van der Waals surface area contributed by atoms with Crippen LogP contribution < -0.4 is 4.74 Å². The Labute approximate surface area is 108 Å². The van der Waals surface area contributed by atoms with Gasteiger partial charge in [-0.25, -0.2) is 0 Å². The van der Waals surface area contributed by atoms with E-state index in [0.29, 0.717) is 5.92 Å². The first-order chi connectivity index (χ1) is 8.13. The molecule has 1 aromatic rings. The highest BCUT2D eigenvalue weighted by molar-refractivity contribution is 8.03. The smallest absolute Gasteiger partial charge is 0.133 e. The standard InChI is InChI=1S/C14H19NOS/c1-11(2)16-14-6-4-13(5-7-14)12(3)8-9-17-10-15/h4-7,11-12H,8-9H2,1-3H3. The molecule has 0 spiro atoms. The van der Waals surface area contributed by atoms with Crippen molar-refractivity contribution in [1.82, 2.24) is 0 Å². The first kappa shape index (κ1) is 13.9. The van der Waals surface area contributed by atoms with E-state index in [1.54, 1.807) is 0 Å². The van der Waals surface area contributed by atoms with Crippen LogP contribution in [-0.2, 0) is 0 Å². The number of hydrogen-bond donors (Lipinski definition) is 0. The molecule has 2 nitrogen and oxygen atoms in total. The van der Waals surface area contributed by atoms with Gasteiger partial charge in [0.1, 0.15) is 11.2 Å². The fraction of sp³-hybridized carbons (Fsp3) is 0.500. The van der Waals surface area contributed by atoms with E-state index in [4.69, 9.17) is 10.00 Å². The fourth-order valence-electron chi connectivity index (χ4n) is 1.60. The highest BCUT2D eigenvalue weighted by Crippen LogP contribution is 2.23. The molecule has 0 N–H and O–H groups in total. The fourth-order valence-corrected chi connectivity index (χ4v) is 2.16. The third-order valence-corrected chi connectivity index (χ3v) is 3.11. The van der Waals surface area contributed by atoms with E-state index < -0.39 is 0 Å². The first-order valence-corrected chi connectivity index (χ1v) is 6.89. The molecule has 0 heterocycles. The van der Waals surface area contributed by atoms with Crippen LogP contribution in [0.25, 0.3) is 0 Å². The minimum atomic E-state index is 0.213. The van der Waals surface area contributed by atoms with Crippen LogP contribution in [0.3, 0.4) is 0 Å². The summed E-state index contributed by atoms with van der Waals surface area (Å²) in [4.78, 5) is 0. The lowest BCUT2D eigenvalue weighted by Gasteiger charge is -2.13. The van der Waals surface area contributed by atoms with Crippen molar-refractivity contribution in [3.63, 3.8) is 0 Å². The van der Waals surface area contributed by atoms with Gasteiger partial charge in [-0.05, 0) is 55.6 Å². The lowest BCUT2D eigenvalue weighted by Crippen LogP contribution is -2.05. The van der Waals surface area contributed by atoms with Crippen molar-refractivity contribution < 1.29 is 4.74 Å². The molecule has 0 radical (unpaired) electrons. The molecule has 1 atom stereocenters. The van der Waals surface area contributed by atoms with Gasteiger partial charge >= 0.3 is 0 Å². The van der Waals surface area contributed by atoms with Crippen molar-refractivity contribution >= 4 is 11.8 Å². The van der Waals surface area contributed by atoms with Gasteiger partial charge in [0, 0.05) is 5.75 Å². The highest BCUT2D eigenvalue weighted by atomic mass is 32.2. The van der Waals surface area contributed by atoms with Crippen molar-refractivity contribution in [3.05, 3.63) is 29.8 Å². The van der Waals surface area contributed by atoms with E-state index in [2.05, 4.69) is 24.5 Å². The Kier molecular flexibility index (Phi) is 5.93. The van der Waals surface area contributed by atoms with Crippen LogP contribution in [0.2, 0.25) is 0 Å². The Hall–Kier alpha value is -1.14. The number of nitriles is 1. The van der Waals surface area contributed by atoms with Crippen molar-refractivity contribution in [1.29, 1.82) is 5.26 Å². The van der Waals surface area contributed by atoms with Crippen LogP contribution in [0, 0.1) is 10.7 Å². The molecule has 0 saturated heterocycles. The van der Waals surface area contributed by atoms with Crippen molar-refractivity contribution in [2.24, 2.45) is 0 Å². The SMILES string of the molecule is CC(C)Oc1ccc(C(C)CCSC#N)cc1. The second-order valence-corrected chi connectivity index (χ2v) is 5.24. The summed E-state index contributed by atoms with van der Waals surface area (Å²) in [5.74, 6) is 2.30. The van der Waals surface area contributed by atoms with Gasteiger partial charge in [-0.1, -0.05) is 19.1 Å². The molecule has 0 aliphatic carbocycles. The summed E-state index contributed by atoms with van der Waals surface area (Å²) in [7, 11) is 0. The quantitative estimate of drug-likeness (QED) is 0.560. The molecule has 0 aliphatic rings. The van der Waals surface area contributed by atoms with Crippen LogP contribution in [0.1, 0.15) is 38.7 Å². The van der Waals surface area contributed by atoms with Gasteiger partial charge in [-0.15, -0.1) is 0 Å². The van der Waals surface area contributed by atoms with E-state index >= 15 is 0 Å². The molecule has 0 aliphatic heterocycles. The van der Waals surface area contributed by atoms with E-state index in [-0.39, 0.29) is 6.10 Å². The number of hydrogen-bond acceptors (Lipinski definition) is 3. The molecule has 0 bridgehead atoms. The Morgan fingerprint density at radius 3 is 2.41 bits per heavy atom. The van der Waals surface area contributed by atoms with Gasteiger partial charge in [-0.2, -0.15) is 5.26 Å². The first-order valence-electron chi connectivity index (χ1n) is 5.91. The van der Waals surface area contributed by atoms with Gasteiger partial charge in [0.05, 0.1) is 6.10 Å². The summed E-state index contributed by atoms with van der Waals surface area (Å²) < 4.78 is 5.60. The maximum absolute atomic E-state index is 8.47. The molecule has 0 aromatic heterocycles. The second-order valence-electron chi connectivity index (χ2n) is 4.37. The summed E-state index contributed by atoms with van der Waals surface area (Å²) in [5.41, 5.74) is 1.31. The van der Waals surface area contributed by atoms with Crippen molar-refractivity contribution in [2.75, 3.05) is 5.75 Å². The van der Waals surface area contributed by atoms with Gasteiger partial charge in [0.15, 0.2) is 0 Å². The minimum absolute atomic E-state index is 0.213. The summed E-state index contributed by atoms with van der Waals surface area (Å²) in [6.45, 7) is 6.24. The average molecular weight is 249 g/mol. The lowest BCUT2D eigenvalue weighted by atomic mass is 9.99. The average Bonchev–Trinajstić information content (AvgIpc) is 2.29. The molecular weight excluding hydrogens is 230 g/mol. The number of nitrogens with zero attached hydrogens (tertiary/aromatic N) is 1. The van der Waals surface area contributed by atoms with Crippen LogP contribution in [0.5, 0.6) is 5.75 Å². The molecule has 3 heteroatoms. The normalized spacial score (nSPS) is 12.2. The Balaban J connectivity index is 2.52. The number of thiocyanates is 1. The molecule has 1 aromatic carbocycles. The third kappa shape index (κ3) is 5.14. The Bertz CT molecular complexity index is 367. The van der Waals surface area contributed by atoms with Crippen LogP contribution in [0.4, 0.5) is 0 Å². The number of rotatable bonds is 6. The molecule has 92 valence electrons. The zero-order valence-electron chi connectivity index (χ0n) is 10.6. The van der Waals surface area contributed by atoms with Crippen molar-refractivity contribution in [2.45, 2.75) is 39.2 Å². The minimum Gasteiger partial charge on any atom is -0.491 e. The molecule has 0 saturated carbocycles. The van der Waals surface area contributed by atoms with Crippen LogP contribution >= 0.6 is 11.8 Å². The Morgan fingerprint density at radius 1 is 1.24 bits per heavy atom. The molecule has 1 rings (SSSR count). The molecule has 0 fully saturated rings. The molecule has 0 amide bonds. The second kappa shape index (κ2) is 7.24. The number of benzene rings is 1. The maximum Gasteiger partial charge on any atom is 0.133 e. The number of ether oxygens (including phenoxy) is 1. The third-order valence-electron chi connectivity index (χ3n) is 2.54. The topological polar surface area (TPSA) is 33.0 Å². The summed E-state index contributed by atoms with van der Waals surface area (Å²) in [5, 5.41) is 10.6. The molecular formula is C14H19NOS. The van der Waals surface area contributed by atoms with Gasteiger partial charge in [0.25, 0.3) is 0 Å². The lowest BCUT2D eigenvalue weighted by molar-refractivity contribution is 0.242. The monoisotopic (exact) mass is 249 g/mol. The zero-order valence-corrected chi connectivity index (χ0v) is 11.5. The van der Waals surface area contributed by atoms with Crippen LogP contribution in [0.15, 0.2) is 24.3 Å². The highest BCUT2D eigenvalue weighted by Gasteiger charge is 2.06. The summed E-state index contributed by atoms with van der Waals surface area (Å²) >= 11 is 1.32. The molecule has 17 heavy (non-hydrogen) atoms. The van der Waals surface area contributed by atoms with Gasteiger partial charge in [-0.3, -0.25) is 0 Å². The van der Waals surface area contributed by atoms with E-state index in [1.807, 2.05) is 26.0 Å². The predicted octanol–water partition coefficient (Wildman–Crippen LogP) is 4.18. The van der Waals surface area contributed by atoms with E-state index in [0.717, 1.165) is 17.9 Å². The maximum atomic E-state index is 8.47. The van der Waals surface area contributed by atoms with Crippen molar-refractivity contribution in [3.8, 4) is 11.2 Å². The number of thioether (sulfide) groups is 1. The van der Waals surface area contributed by atoms with Crippen LogP contribution in [-0.4, -0.2) is 11.9 Å². The van der Waals surface area contributed by atoms with Gasteiger partial charge in [0.2, 0.25) is 0 Å². The largest absolute Gasteiger partial charge is 0.491 e. The predicted molar refractivity (Wildman–Crippen MR) is 73.3 cm³/mol. The van der Waals surface area contributed by atoms with E-state index in [9.17, 15) is 0 Å². The summed E-state index contributed by atoms with van der Waals surface area (Å²) in [6.07, 6.45) is 1.24. The van der Waals surface area contributed by atoms with Gasteiger partial charge < -0.3 is 4.74 Å². The zero-order chi connectivity index (χ0) is 12.7. The Morgan fingerprint density at radius 2 is 1.88 bits per heavy atom. The summed E-state index contributed by atoms with van der Waals surface area (Å²) in [6, 6.07) is 8.26. The van der Waals surface area contributed by atoms with E-state index in [1.165, 1.54) is 17.3 Å². The molecule has 1 unspecified atom stereocenters.